The largest absolute Gasteiger partial charge is 0.392 e. The standard InChI is InChI=1S/C15H24BrNO2/c1-3-11(4-2)14(18)9-17-10-15(19)12-6-5-7-13(16)8-12/h5-8,11,14-15,17-19H,3-4,9-10H2,1-2H3. The van der Waals surface area contributed by atoms with E-state index in [1.807, 2.05) is 24.3 Å². The summed E-state index contributed by atoms with van der Waals surface area (Å²) in [6.45, 7) is 5.16. The van der Waals surface area contributed by atoms with Gasteiger partial charge < -0.3 is 15.5 Å². The van der Waals surface area contributed by atoms with Crippen LogP contribution in [0.2, 0.25) is 0 Å². The Morgan fingerprint density at radius 2 is 1.84 bits per heavy atom. The Balaban J connectivity index is 2.36. The van der Waals surface area contributed by atoms with E-state index in [1.54, 1.807) is 0 Å². The highest BCUT2D eigenvalue weighted by atomic mass is 79.9. The highest BCUT2D eigenvalue weighted by Gasteiger charge is 2.15. The molecule has 0 heterocycles. The molecule has 0 spiro atoms. The molecule has 2 atom stereocenters. The van der Waals surface area contributed by atoms with Crippen LogP contribution in [0.15, 0.2) is 28.7 Å². The molecule has 0 bridgehead atoms. The molecule has 0 aliphatic carbocycles. The molecule has 0 saturated heterocycles. The molecule has 0 aliphatic rings. The van der Waals surface area contributed by atoms with Crippen LogP contribution in [0.5, 0.6) is 0 Å². The summed E-state index contributed by atoms with van der Waals surface area (Å²) in [5, 5.41) is 23.2. The lowest BCUT2D eigenvalue weighted by Gasteiger charge is -2.21. The normalized spacial score (nSPS) is 14.6. The van der Waals surface area contributed by atoms with E-state index in [2.05, 4.69) is 35.1 Å². The molecular weight excluding hydrogens is 306 g/mol. The van der Waals surface area contributed by atoms with E-state index < -0.39 is 6.10 Å². The molecule has 3 nitrogen and oxygen atoms in total. The summed E-state index contributed by atoms with van der Waals surface area (Å²) in [5.74, 6) is 0.329. The Morgan fingerprint density at radius 1 is 1.16 bits per heavy atom. The van der Waals surface area contributed by atoms with Crippen molar-refractivity contribution in [2.24, 2.45) is 5.92 Å². The van der Waals surface area contributed by atoms with Crippen molar-refractivity contribution in [3.05, 3.63) is 34.3 Å². The molecule has 0 amide bonds. The Labute approximate surface area is 124 Å². The average molecular weight is 330 g/mol. The third-order valence-electron chi connectivity index (χ3n) is 3.52. The lowest BCUT2D eigenvalue weighted by atomic mass is 9.96. The first-order chi connectivity index (χ1) is 9.08. The van der Waals surface area contributed by atoms with Crippen molar-refractivity contribution in [2.45, 2.75) is 38.9 Å². The predicted octanol–water partition coefficient (Wildman–Crippen LogP) is 2.87. The van der Waals surface area contributed by atoms with E-state index >= 15 is 0 Å². The minimum Gasteiger partial charge on any atom is -0.392 e. The number of hydrogen-bond acceptors (Lipinski definition) is 3. The molecule has 1 aromatic rings. The molecule has 0 aromatic heterocycles. The Morgan fingerprint density at radius 3 is 2.42 bits per heavy atom. The maximum absolute atomic E-state index is 10.0. The number of benzene rings is 1. The fraction of sp³-hybridized carbons (Fsp3) is 0.600. The molecule has 0 aliphatic heterocycles. The highest BCUT2D eigenvalue weighted by Crippen LogP contribution is 2.18. The van der Waals surface area contributed by atoms with Gasteiger partial charge in [-0.1, -0.05) is 54.8 Å². The van der Waals surface area contributed by atoms with Gasteiger partial charge in [-0.2, -0.15) is 0 Å². The molecule has 3 N–H and O–H groups in total. The topological polar surface area (TPSA) is 52.5 Å². The molecule has 1 aromatic carbocycles. The molecule has 1 rings (SSSR count). The van der Waals surface area contributed by atoms with Gasteiger partial charge in [-0.3, -0.25) is 0 Å². The van der Waals surface area contributed by atoms with Crippen molar-refractivity contribution in [2.75, 3.05) is 13.1 Å². The number of hydrogen-bond donors (Lipinski definition) is 3. The molecular formula is C15H24BrNO2. The van der Waals surface area contributed by atoms with E-state index in [0.29, 0.717) is 19.0 Å². The van der Waals surface area contributed by atoms with Crippen LogP contribution in [-0.2, 0) is 0 Å². The minimum atomic E-state index is -0.550. The number of aliphatic hydroxyl groups excluding tert-OH is 2. The van der Waals surface area contributed by atoms with E-state index in [0.717, 1.165) is 22.9 Å². The van der Waals surface area contributed by atoms with Crippen LogP contribution in [0.4, 0.5) is 0 Å². The van der Waals surface area contributed by atoms with Crippen LogP contribution >= 0.6 is 15.9 Å². The van der Waals surface area contributed by atoms with Gasteiger partial charge in [0.15, 0.2) is 0 Å². The van der Waals surface area contributed by atoms with Gasteiger partial charge >= 0.3 is 0 Å². The number of halogens is 1. The SMILES string of the molecule is CCC(CC)C(O)CNCC(O)c1cccc(Br)c1. The zero-order chi connectivity index (χ0) is 14.3. The maximum Gasteiger partial charge on any atom is 0.0914 e. The summed E-state index contributed by atoms with van der Waals surface area (Å²) >= 11 is 3.39. The first kappa shape index (κ1) is 16.6. The first-order valence-electron chi connectivity index (χ1n) is 6.90. The summed E-state index contributed by atoms with van der Waals surface area (Å²) in [6.07, 6.45) is 1.07. The van der Waals surface area contributed by atoms with Gasteiger partial charge in [0.25, 0.3) is 0 Å². The van der Waals surface area contributed by atoms with E-state index in [-0.39, 0.29) is 6.10 Å². The van der Waals surface area contributed by atoms with Crippen LogP contribution in [0, 0.1) is 5.92 Å². The monoisotopic (exact) mass is 329 g/mol. The van der Waals surface area contributed by atoms with Gasteiger partial charge in [0.05, 0.1) is 12.2 Å². The van der Waals surface area contributed by atoms with Gasteiger partial charge in [-0.05, 0) is 23.6 Å². The van der Waals surface area contributed by atoms with Gasteiger partial charge in [-0.15, -0.1) is 0 Å². The smallest absolute Gasteiger partial charge is 0.0914 e. The van der Waals surface area contributed by atoms with Gasteiger partial charge in [0.1, 0.15) is 0 Å². The summed E-state index contributed by atoms with van der Waals surface area (Å²) < 4.78 is 0.959. The van der Waals surface area contributed by atoms with Crippen molar-refractivity contribution < 1.29 is 10.2 Å². The van der Waals surface area contributed by atoms with Crippen molar-refractivity contribution in [3.63, 3.8) is 0 Å². The molecule has 0 radical (unpaired) electrons. The summed E-state index contributed by atoms with van der Waals surface area (Å²) in [6, 6.07) is 7.64. The Bertz CT molecular complexity index is 369. The molecule has 19 heavy (non-hydrogen) atoms. The molecule has 0 fully saturated rings. The third kappa shape index (κ3) is 5.61. The van der Waals surface area contributed by atoms with Crippen LogP contribution < -0.4 is 5.32 Å². The quantitative estimate of drug-likeness (QED) is 0.687. The van der Waals surface area contributed by atoms with Crippen LogP contribution in [0.25, 0.3) is 0 Å². The van der Waals surface area contributed by atoms with Crippen molar-refractivity contribution >= 4 is 15.9 Å². The molecule has 108 valence electrons. The van der Waals surface area contributed by atoms with E-state index in [1.165, 1.54) is 0 Å². The van der Waals surface area contributed by atoms with Gasteiger partial charge in [0, 0.05) is 17.6 Å². The van der Waals surface area contributed by atoms with Crippen molar-refractivity contribution in [1.82, 2.24) is 5.32 Å². The number of nitrogens with one attached hydrogen (secondary N) is 1. The average Bonchev–Trinajstić information content (AvgIpc) is 2.40. The van der Waals surface area contributed by atoms with Crippen LogP contribution in [0.3, 0.4) is 0 Å². The zero-order valence-electron chi connectivity index (χ0n) is 11.6. The number of rotatable bonds is 8. The second-order valence-electron chi connectivity index (χ2n) is 4.87. The van der Waals surface area contributed by atoms with Crippen LogP contribution in [0.1, 0.15) is 38.4 Å². The second kappa shape index (κ2) is 8.69. The summed E-state index contributed by atoms with van der Waals surface area (Å²) in [4.78, 5) is 0. The van der Waals surface area contributed by atoms with Crippen molar-refractivity contribution in [1.29, 1.82) is 0 Å². The van der Waals surface area contributed by atoms with E-state index in [9.17, 15) is 10.2 Å². The Kier molecular flexibility index (Phi) is 7.61. The Hall–Kier alpha value is -0.420. The predicted molar refractivity (Wildman–Crippen MR) is 82.1 cm³/mol. The van der Waals surface area contributed by atoms with Gasteiger partial charge in [-0.25, -0.2) is 0 Å². The minimum absolute atomic E-state index is 0.329. The van der Waals surface area contributed by atoms with Crippen LogP contribution in [-0.4, -0.2) is 29.4 Å². The number of aliphatic hydroxyl groups is 2. The van der Waals surface area contributed by atoms with E-state index in [4.69, 9.17) is 0 Å². The molecule has 0 saturated carbocycles. The third-order valence-corrected chi connectivity index (χ3v) is 4.01. The lowest BCUT2D eigenvalue weighted by Crippen LogP contribution is -2.34. The first-order valence-corrected chi connectivity index (χ1v) is 7.70. The maximum atomic E-state index is 10.0. The summed E-state index contributed by atoms with van der Waals surface area (Å²) in [5.41, 5.74) is 0.874. The zero-order valence-corrected chi connectivity index (χ0v) is 13.2. The van der Waals surface area contributed by atoms with Gasteiger partial charge in [0.2, 0.25) is 0 Å². The highest BCUT2D eigenvalue weighted by molar-refractivity contribution is 9.10. The molecule has 2 unspecified atom stereocenters. The molecule has 4 heteroatoms. The fourth-order valence-corrected chi connectivity index (χ4v) is 2.62. The second-order valence-corrected chi connectivity index (χ2v) is 5.79. The van der Waals surface area contributed by atoms with Crippen molar-refractivity contribution in [3.8, 4) is 0 Å². The fourth-order valence-electron chi connectivity index (χ4n) is 2.20. The summed E-state index contributed by atoms with van der Waals surface area (Å²) in [7, 11) is 0. The lowest BCUT2D eigenvalue weighted by molar-refractivity contribution is 0.0945.